The maximum Gasteiger partial charge on any atom is 0.161 e. The second kappa shape index (κ2) is 4.30. The zero-order chi connectivity index (χ0) is 14.8. The first kappa shape index (κ1) is 13.7. The summed E-state index contributed by atoms with van der Waals surface area (Å²) in [6.45, 7) is 4.64. The standard InChI is InChI=1S/C19H26O2/c1-18-9-7-13(20)11-12(18)3-4-14-15-5-6-17(21)19(15,2)10-8-16(14)18/h5-6,12,14-16H,3-4,7-11H2,1-2H3/t12?,14-,15-,16-,18+,19-/m0/s1. The molecular formula is C19H26O2. The van der Waals surface area contributed by atoms with E-state index >= 15 is 0 Å². The van der Waals surface area contributed by atoms with Gasteiger partial charge in [0.1, 0.15) is 5.78 Å². The van der Waals surface area contributed by atoms with Crippen LogP contribution in [0.5, 0.6) is 0 Å². The highest BCUT2D eigenvalue weighted by molar-refractivity contribution is 5.97. The van der Waals surface area contributed by atoms with Gasteiger partial charge in [0.15, 0.2) is 5.78 Å². The number of rotatable bonds is 0. The first-order valence-corrected chi connectivity index (χ1v) is 8.69. The lowest BCUT2D eigenvalue weighted by Gasteiger charge is -2.59. The Morgan fingerprint density at radius 2 is 1.90 bits per heavy atom. The summed E-state index contributed by atoms with van der Waals surface area (Å²) >= 11 is 0. The minimum atomic E-state index is -0.116. The van der Waals surface area contributed by atoms with Gasteiger partial charge in [0, 0.05) is 18.3 Å². The molecule has 0 amide bonds. The van der Waals surface area contributed by atoms with Crippen LogP contribution in [0.15, 0.2) is 12.2 Å². The molecule has 114 valence electrons. The molecule has 3 saturated carbocycles. The predicted octanol–water partition coefficient (Wildman–Crippen LogP) is 3.94. The van der Waals surface area contributed by atoms with Gasteiger partial charge in [0.05, 0.1) is 0 Å². The van der Waals surface area contributed by atoms with Crippen molar-refractivity contribution in [2.45, 2.75) is 58.8 Å². The molecule has 1 unspecified atom stereocenters. The van der Waals surface area contributed by atoms with Crippen LogP contribution < -0.4 is 0 Å². The minimum absolute atomic E-state index is 0.116. The second-order valence-electron chi connectivity index (χ2n) is 8.50. The summed E-state index contributed by atoms with van der Waals surface area (Å²) < 4.78 is 0. The van der Waals surface area contributed by atoms with E-state index in [0.717, 1.165) is 31.6 Å². The number of allylic oxidation sites excluding steroid dienone is 2. The molecule has 0 aromatic carbocycles. The average Bonchev–Trinajstić information content (AvgIpc) is 2.76. The molecule has 6 atom stereocenters. The van der Waals surface area contributed by atoms with E-state index in [1.165, 1.54) is 19.3 Å². The molecule has 0 saturated heterocycles. The number of fused-ring (bicyclic) bond motifs is 5. The van der Waals surface area contributed by atoms with Crippen molar-refractivity contribution in [3.8, 4) is 0 Å². The van der Waals surface area contributed by atoms with Crippen molar-refractivity contribution in [2.75, 3.05) is 0 Å². The highest BCUT2D eigenvalue weighted by Gasteiger charge is 2.58. The van der Waals surface area contributed by atoms with Gasteiger partial charge in [-0.25, -0.2) is 0 Å². The normalized spacial score (nSPS) is 52.3. The molecule has 0 heterocycles. The number of hydrogen-bond donors (Lipinski definition) is 0. The van der Waals surface area contributed by atoms with Crippen molar-refractivity contribution in [3.05, 3.63) is 12.2 Å². The van der Waals surface area contributed by atoms with E-state index in [-0.39, 0.29) is 5.41 Å². The van der Waals surface area contributed by atoms with Crippen molar-refractivity contribution >= 4 is 11.6 Å². The van der Waals surface area contributed by atoms with E-state index in [1.54, 1.807) is 0 Å². The van der Waals surface area contributed by atoms with E-state index in [0.29, 0.717) is 34.7 Å². The van der Waals surface area contributed by atoms with Crippen LogP contribution in [0.25, 0.3) is 0 Å². The molecule has 0 aromatic rings. The van der Waals surface area contributed by atoms with E-state index < -0.39 is 0 Å². The lowest BCUT2D eigenvalue weighted by Crippen LogP contribution is -2.53. The summed E-state index contributed by atoms with van der Waals surface area (Å²) in [4.78, 5) is 24.1. The molecule has 21 heavy (non-hydrogen) atoms. The maximum atomic E-state index is 12.3. The van der Waals surface area contributed by atoms with Gasteiger partial charge in [-0.05, 0) is 67.3 Å². The maximum absolute atomic E-state index is 12.3. The van der Waals surface area contributed by atoms with Crippen molar-refractivity contribution in [1.82, 2.24) is 0 Å². The van der Waals surface area contributed by atoms with Crippen LogP contribution in [-0.4, -0.2) is 11.6 Å². The van der Waals surface area contributed by atoms with Crippen molar-refractivity contribution in [3.63, 3.8) is 0 Å². The molecule has 4 rings (SSSR count). The van der Waals surface area contributed by atoms with Gasteiger partial charge >= 0.3 is 0 Å². The fourth-order valence-corrected chi connectivity index (χ4v) is 6.32. The zero-order valence-corrected chi connectivity index (χ0v) is 13.2. The summed E-state index contributed by atoms with van der Waals surface area (Å²) in [5, 5.41) is 0. The van der Waals surface area contributed by atoms with E-state index in [4.69, 9.17) is 0 Å². The largest absolute Gasteiger partial charge is 0.300 e. The zero-order valence-electron chi connectivity index (χ0n) is 13.2. The molecule has 0 radical (unpaired) electrons. The van der Waals surface area contributed by atoms with Gasteiger partial charge in [-0.1, -0.05) is 19.9 Å². The smallest absolute Gasteiger partial charge is 0.161 e. The third kappa shape index (κ3) is 1.71. The fraction of sp³-hybridized carbons (Fsp3) is 0.789. The van der Waals surface area contributed by atoms with E-state index in [9.17, 15) is 9.59 Å². The highest BCUT2D eigenvalue weighted by Crippen LogP contribution is 2.63. The lowest BCUT2D eigenvalue weighted by atomic mass is 9.45. The molecule has 4 aliphatic rings. The monoisotopic (exact) mass is 286 g/mol. The van der Waals surface area contributed by atoms with Crippen LogP contribution in [0.2, 0.25) is 0 Å². The quantitative estimate of drug-likeness (QED) is 0.676. The molecule has 0 aliphatic heterocycles. The Morgan fingerprint density at radius 1 is 1.10 bits per heavy atom. The molecular weight excluding hydrogens is 260 g/mol. The molecule has 3 fully saturated rings. The fourth-order valence-electron chi connectivity index (χ4n) is 6.32. The van der Waals surface area contributed by atoms with Crippen molar-refractivity contribution in [1.29, 1.82) is 0 Å². The van der Waals surface area contributed by atoms with Crippen molar-refractivity contribution < 1.29 is 9.59 Å². The number of ketones is 2. The Morgan fingerprint density at radius 3 is 2.71 bits per heavy atom. The highest BCUT2D eigenvalue weighted by atomic mass is 16.1. The third-order valence-electron chi connectivity index (χ3n) is 7.75. The predicted molar refractivity (Wildman–Crippen MR) is 81.6 cm³/mol. The van der Waals surface area contributed by atoms with E-state index in [2.05, 4.69) is 19.9 Å². The van der Waals surface area contributed by atoms with Crippen LogP contribution in [0.3, 0.4) is 0 Å². The second-order valence-corrected chi connectivity index (χ2v) is 8.50. The Balaban J connectivity index is 1.67. The molecule has 4 aliphatic carbocycles. The van der Waals surface area contributed by atoms with Gasteiger partial charge in [-0.2, -0.15) is 0 Å². The van der Waals surface area contributed by atoms with Crippen LogP contribution >= 0.6 is 0 Å². The first-order chi connectivity index (χ1) is 9.95. The Bertz CT molecular complexity index is 534. The SMILES string of the molecule is C[C@]12CC[C@H]3[C@@H](CCC4CC(=O)CC[C@]43C)[C@@H]1C=CC2=O. The molecule has 0 aromatic heterocycles. The summed E-state index contributed by atoms with van der Waals surface area (Å²) in [7, 11) is 0. The van der Waals surface area contributed by atoms with Crippen LogP contribution in [0.4, 0.5) is 0 Å². The Kier molecular flexibility index (Phi) is 2.81. The Labute approximate surface area is 127 Å². The van der Waals surface area contributed by atoms with Gasteiger partial charge in [0.2, 0.25) is 0 Å². The molecule has 0 spiro atoms. The minimum Gasteiger partial charge on any atom is -0.300 e. The molecule has 2 heteroatoms. The number of carbonyl (C=O) groups excluding carboxylic acids is 2. The molecule has 0 N–H and O–H groups in total. The van der Waals surface area contributed by atoms with Crippen LogP contribution in [0.1, 0.15) is 58.8 Å². The third-order valence-corrected chi connectivity index (χ3v) is 7.75. The summed E-state index contributed by atoms with van der Waals surface area (Å²) in [5.41, 5.74) is 0.229. The van der Waals surface area contributed by atoms with Crippen LogP contribution in [0, 0.1) is 34.5 Å². The summed E-state index contributed by atoms with van der Waals surface area (Å²) in [6, 6.07) is 0. The van der Waals surface area contributed by atoms with Crippen molar-refractivity contribution in [2.24, 2.45) is 34.5 Å². The van der Waals surface area contributed by atoms with Gasteiger partial charge in [-0.15, -0.1) is 0 Å². The van der Waals surface area contributed by atoms with E-state index in [1.807, 2.05) is 6.08 Å². The topological polar surface area (TPSA) is 34.1 Å². The lowest BCUT2D eigenvalue weighted by molar-refractivity contribution is -0.142. The summed E-state index contributed by atoms with van der Waals surface area (Å²) in [5.74, 6) is 3.29. The molecule has 0 bridgehead atoms. The first-order valence-electron chi connectivity index (χ1n) is 8.69. The van der Waals surface area contributed by atoms with Gasteiger partial charge in [0.25, 0.3) is 0 Å². The molecule has 2 nitrogen and oxygen atoms in total. The average molecular weight is 286 g/mol. The Hall–Kier alpha value is -0.920. The van der Waals surface area contributed by atoms with Gasteiger partial charge in [-0.3, -0.25) is 9.59 Å². The summed E-state index contributed by atoms with van der Waals surface area (Å²) in [6.07, 6.45) is 11.4. The van der Waals surface area contributed by atoms with Crippen LogP contribution in [-0.2, 0) is 9.59 Å². The number of hydrogen-bond acceptors (Lipinski definition) is 2. The number of Topliss-reactive ketones (excluding diaryl/α,β-unsaturated/α-hetero) is 1. The van der Waals surface area contributed by atoms with Gasteiger partial charge < -0.3 is 0 Å². The number of carbonyl (C=O) groups is 2.